The van der Waals surface area contributed by atoms with E-state index in [1.54, 1.807) is 0 Å². The summed E-state index contributed by atoms with van der Waals surface area (Å²) in [5.74, 6) is 1.35. The predicted molar refractivity (Wildman–Crippen MR) is 89.3 cm³/mol. The number of hydrogen-bond acceptors (Lipinski definition) is 3. The molecule has 118 valence electrons. The molecule has 0 unspecified atom stereocenters. The van der Waals surface area contributed by atoms with E-state index < -0.39 is 0 Å². The van der Waals surface area contributed by atoms with Gasteiger partial charge in [-0.1, -0.05) is 39.8 Å². The van der Waals surface area contributed by atoms with E-state index >= 15 is 0 Å². The first-order chi connectivity index (χ1) is 10.0. The van der Waals surface area contributed by atoms with Crippen LogP contribution in [0.2, 0.25) is 0 Å². The highest BCUT2D eigenvalue weighted by atomic mass is 16.3. The lowest BCUT2D eigenvalue weighted by molar-refractivity contribution is 0.243. The van der Waals surface area contributed by atoms with Crippen molar-refractivity contribution in [3.05, 3.63) is 28.8 Å². The van der Waals surface area contributed by atoms with Crippen LogP contribution in [0.5, 0.6) is 5.75 Å². The molecule has 0 bridgehead atoms. The molecule has 1 fully saturated rings. The predicted octanol–water partition coefficient (Wildman–Crippen LogP) is 3.09. The molecule has 0 atom stereocenters. The van der Waals surface area contributed by atoms with Crippen molar-refractivity contribution in [3.63, 3.8) is 0 Å². The normalized spacial score (nSPS) is 16.9. The van der Waals surface area contributed by atoms with Crippen molar-refractivity contribution in [2.24, 2.45) is 0 Å². The third-order valence-electron chi connectivity index (χ3n) is 4.48. The fraction of sp³-hybridized carbons (Fsp3) is 0.667. The highest BCUT2D eigenvalue weighted by molar-refractivity contribution is 5.48. The van der Waals surface area contributed by atoms with E-state index in [9.17, 15) is 5.11 Å². The van der Waals surface area contributed by atoms with Gasteiger partial charge in [0.15, 0.2) is 0 Å². The third kappa shape index (κ3) is 3.98. The van der Waals surface area contributed by atoms with E-state index in [1.807, 2.05) is 0 Å². The van der Waals surface area contributed by atoms with Crippen molar-refractivity contribution in [1.82, 2.24) is 10.2 Å². The van der Waals surface area contributed by atoms with Crippen LogP contribution in [0.4, 0.5) is 0 Å². The van der Waals surface area contributed by atoms with Gasteiger partial charge in [-0.2, -0.15) is 0 Å². The quantitative estimate of drug-likeness (QED) is 0.875. The molecule has 1 heterocycles. The zero-order valence-corrected chi connectivity index (χ0v) is 13.9. The minimum atomic E-state index is 0.365. The summed E-state index contributed by atoms with van der Waals surface area (Å²) in [5, 5.41) is 14.1. The van der Waals surface area contributed by atoms with Crippen LogP contribution in [0.25, 0.3) is 0 Å². The van der Waals surface area contributed by atoms with Gasteiger partial charge < -0.3 is 15.3 Å². The van der Waals surface area contributed by atoms with Gasteiger partial charge in [0, 0.05) is 32.7 Å². The third-order valence-corrected chi connectivity index (χ3v) is 4.48. The first kappa shape index (κ1) is 16.3. The Morgan fingerprint density at radius 1 is 1.05 bits per heavy atom. The summed E-state index contributed by atoms with van der Waals surface area (Å²) in [7, 11) is 0. The number of piperazine rings is 1. The number of nitrogens with one attached hydrogen (secondary N) is 1. The molecule has 1 aromatic carbocycles. The molecule has 2 N–H and O–H groups in total. The second kappa shape index (κ2) is 7.28. The average molecular weight is 290 g/mol. The number of aromatic hydroxyl groups is 1. The Kier molecular flexibility index (Phi) is 5.65. The lowest BCUT2D eigenvalue weighted by Crippen LogP contribution is -2.44. The fourth-order valence-electron chi connectivity index (χ4n) is 3.14. The molecular weight excluding hydrogens is 260 g/mol. The van der Waals surface area contributed by atoms with Gasteiger partial charge in [0.1, 0.15) is 5.75 Å². The van der Waals surface area contributed by atoms with Crippen molar-refractivity contribution < 1.29 is 5.11 Å². The van der Waals surface area contributed by atoms with Crippen LogP contribution >= 0.6 is 0 Å². The molecule has 1 aliphatic rings. The minimum absolute atomic E-state index is 0.365. The van der Waals surface area contributed by atoms with Crippen LogP contribution < -0.4 is 5.32 Å². The Morgan fingerprint density at radius 2 is 1.62 bits per heavy atom. The maximum absolute atomic E-state index is 10.7. The Morgan fingerprint density at radius 3 is 2.19 bits per heavy atom. The van der Waals surface area contributed by atoms with Crippen LogP contribution in [0, 0.1) is 0 Å². The van der Waals surface area contributed by atoms with Crippen LogP contribution in [-0.2, 0) is 6.42 Å². The van der Waals surface area contributed by atoms with Crippen molar-refractivity contribution in [3.8, 4) is 5.75 Å². The molecular formula is C18H30N2O. The Bertz CT molecular complexity index is 463. The SMILES string of the molecule is CC(C)c1ccc(C(C)C)c(CCN2CCNCC2)c1O. The number of hydrogen-bond donors (Lipinski definition) is 2. The van der Waals surface area contributed by atoms with Gasteiger partial charge >= 0.3 is 0 Å². The monoisotopic (exact) mass is 290 g/mol. The maximum Gasteiger partial charge on any atom is 0.122 e. The number of nitrogens with zero attached hydrogens (tertiary/aromatic N) is 1. The summed E-state index contributed by atoms with van der Waals surface area (Å²) >= 11 is 0. The molecule has 1 aliphatic heterocycles. The minimum Gasteiger partial charge on any atom is -0.507 e. The topological polar surface area (TPSA) is 35.5 Å². The first-order valence-corrected chi connectivity index (χ1v) is 8.28. The summed E-state index contributed by atoms with van der Waals surface area (Å²) in [6, 6.07) is 4.32. The van der Waals surface area contributed by atoms with Crippen LogP contribution in [-0.4, -0.2) is 42.7 Å². The maximum atomic E-state index is 10.7. The van der Waals surface area contributed by atoms with Gasteiger partial charge in [0.05, 0.1) is 0 Å². The van der Waals surface area contributed by atoms with Crippen molar-refractivity contribution >= 4 is 0 Å². The van der Waals surface area contributed by atoms with Crippen molar-refractivity contribution in [2.45, 2.75) is 46.0 Å². The second-order valence-corrected chi connectivity index (χ2v) is 6.72. The summed E-state index contributed by atoms with van der Waals surface area (Å²) in [4.78, 5) is 2.49. The van der Waals surface area contributed by atoms with Crippen molar-refractivity contribution in [1.29, 1.82) is 0 Å². The Balaban J connectivity index is 2.19. The zero-order chi connectivity index (χ0) is 15.4. The molecule has 2 rings (SSSR count). The van der Waals surface area contributed by atoms with E-state index in [1.165, 1.54) is 5.56 Å². The summed E-state index contributed by atoms with van der Waals surface area (Å²) < 4.78 is 0. The first-order valence-electron chi connectivity index (χ1n) is 8.28. The van der Waals surface area contributed by atoms with Crippen LogP contribution in [0.3, 0.4) is 0 Å². The molecule has 21 heavy (non-hydrogen) atoms. The van der Waals surface area contributed by atoms with Gasteiger partial charge in [0.25, 0.3) is 0 Å². The second-order valence-electron chi connectivity index (χ2n) is 6.72. The van der Waals surface area contributed by atoms with Gasteiger partial charge in [-0.3, -0.25) is 0 Å². The molecule has 0 aromatic heterocycles. The van der Waals surface area contributed by atoms with E-state index in [-0.39, 0.29) is 0 Å². The van der Waals surface area contributed by atoms with Crippen LogP contribution in [0.1, 0.15) is 56.2 Å². The highest BCUT2D eigenvalue weighted by Gasteiger charge is 2.18. The number of phenolic OH excluding ortho intramolecular Hbond substituents is 1. The lowest BCUT2D eigenvalue weighted by atomic mass is 9.89. The zero-order valence-electron chi connectivity index (χ0n) is 13.9. The van der Waals surface area contributed by atoms with Crippen molar-refractivity contribution in [2.75, 3.05) is 32.7 Å². The molecule has 3 nitrogen and oxygen atoms in total. The molecule has 1 saturated heterocycles. The van der Waals surface area contributed by atoms with Gasteiger partial charge in [-0.15, -0.1) is 0 Å². The summed E-state index contributed by atoms with van der Waals surface area (Å²) in [5.41, 5.74) is 3.54. The number of benzene rings is 1. The molecule has 0 radical (unpaired) electrons. The average Bonchev–Trinajstić information content (AvgIpc) is 2.46. The van der Waals surface area contributed by atoms with Gasteiger partial charge in [-0.05, 0) is 34.9 Å². The summed E-state index contributed by atoms with van der Waals surface area (Å²) in [6.07, 6.45) is 0.944. The molecule has 0 aliphatic carbocycles. The number of rotatable bonds is 5. The molecule has 3 heteroatoms. The van der Waals surface area contributed by atoms with Gasteiger partial charge in [-0.25, -0.2) is 0 Å². The highest BCUT2D eigenvalue weighted by Crippen LogP contribution is 2.34. The van der Waals surface area contributed by atoms with Gasteiger partial charge in [0.2, 0.25) is 0 Å². The Hall–Kier alpha value is -1.06. The lowest BCUT2D eigenvalue weighted by Gasteiger charge is -2.28. The molecule has 0 saturated carbocycles. The molecule has 0 amide bonds. The van der Waals surface area contributed by atoms with E-state index in [0.717, 1.165) is 50.3 Å². The Labute approximate surface area is 129 Å². The molecule has 0 spiro atoms. The van der Waals surface area contributed by atoms with E-state index in [2.05, 4.69) is 50.0 Å². The van der Waals surface area contributed by atoms with E-state index in [4.69, 9.17) is 0 Å². The van der Waals surface area contributed by atoms with E-state index in [0.29, 0.717) is 17.6 Å². The summed E-state index contributed by atoms with van der Waals surface area (Å²) in [6.45, 7) is 14.1. The largest absolute Gasteiger partial charge is 0.507 e. The number of phenols is 1. The standard InChI is InChI=1S/C18H30N2O/c1-13(2)15-5-6-16(14(3)4)18(21)17(15)7-10-20-11-8-19-9-12-20/h5-6,13-14,19,21H,7-12H2,1-4H3. The van der Waals surface area contributed by atoms with Crippen LogP contribution in [0.15, 0.2) is 12.1 Å². The smallest absolute Gasteiger partial charge is 0.122 e. The fourth-order valence-corrected chi connectivity index (χ4v) is 3.14. The molecule has 1 aromatic rings.